The summed E-state index contributed by atoms with van der Waals surface area (Å²) in [6.45, 7) is 0. The molecule has 0 saturated heterocycles. The fourth-order valence-corrected chi connectivity index (χ4v) is 1.81. The third kappa shape index (κ3) is 3.29. The average Bonchev–Trinajstić information content (AvgIpc) is 2.95. The zero-order valence-corrected chi connectivity index (χ0v) is 11.9. The van der Waals surface area contributed by atoms with Crippen molar-refractivity contribution in [2.75, 3.05) is 18.6 Å². The molecule has 5 N–H and O–H groups in total. The number of hydrogen-bond donors (Lipinski definition) is 3. The predicted molar refractivity (Wildman–Crippen MR) is 85.0 cm³/mol. The molecule has 22 heavy (non-hydrogen) atoms. The van der Waals surface area contributed by atoms with Gasteiger partial charge in [-0.25, -0.2) is 4.79 Å². The molecule has 114 valence electrons. The molecular weight excluding hydrogens is 284 g/mol. The first kappa shape index (κ1) is 15.2. The molecule has 0 spiro atoms. The highest BCUT2D eigenvalue weighted by molar-refractivity contribution is 5.93. The van der Waals surface area contributed by atoms with Crippen molar-refractivity contribution < 1.29 is 19.1 Å². The molecule has 0 aliphatic carbocycles. The number of nitrogen functional groups attached to an aromatic ring is 2. The van der Waals surface area contributed by atoms with Crippen LogP contribution in [-0.4, -0.2) is 18.2 Å². The Balaban J connectivity index is 0.000000188. The molecule has 3 rings (SSSR count). The van der Waals surface area contributed by atoms with Crippen molar-refractivity contribution in [3.63, 3.8) is 0 Å². The molecule has 3 aromatic rings. The SMILES string of the molecule is COc1cccc2cc(C(=O)O)oc12.Nc1ccccc1N. The number of furan rings is 1. The first-order chi connectivity index (χ1) is 10.5. The molecule has 0 fully saturated rings. The summed E-state index contributed by atoms with van der Waals surface area (Å²) >= 11 is 0. The lowest BCUT2D eigenvalue weighted by molar-refractivity contribution is 0.0665. The van der Waals surface area contributed by atoms with Crippen molar-refractivity contribution in [3.8, 4) is 5.75 Å². The van der Waals surface area contributed by atoms with Gasteiger partial charge in [0.15, 0.2) is 11.3 Å². The molecule has 0 aliphatic heterocycles. The van der Waals surface area contributed by atoms with Crippen LogP contribution in [0.1, 0.15) is 10.6 Å². The molecule has 0 unspecified atom stereocenters. The highest BCUT2D eigenvalue weighted by atomic mass is 16.5. The molecule has 0 atom stereocenters. The Morgan fingerprint density at radius 2 is 1.73 bits per heavy atom. The zero-order valence-electron chi connectivity index (χ0n) is 11.9. The summed E-state index contributed by atoms with van der Waals surface area (Å²) in [5, 5.41) is 9.44. The van der Waals surface area contributed by atoms with Gasteiger partial charge < -0.3 is 25.7 Å². The number of hydrogen-bond acceptors (Lipinski definition) is 5. The second kappa shape index (κ2) is 6.53. The maximum absolute atomic E-state index is 10.6. The number of aromatic carboxylic acids is 1. The number of carboxylic acid groups (broad SMARTS) is 1. The summed E-state index contributed by atoms with van der Waals surface area (Å²) in [6, 6.07) is 14.0. The molecule has 1 heterocycles. The Kier molecular flexibility index (Phi) is 4.53. The van der Waals surface area contributed by atoms with Gasteiger partial charge in [-0.3, -0.25) is 0 Å². The lowest BCUT2D eigenvalue weighted by atomic mass is 10.2. The van der Waals surface area contributed by atoms with Gasteiger partial charge in [-0.2, -0.15) is 0 Å². The van der Waals surface area contributed by atoms with Gasteiger partial charge >= 0.3 is 5.97 Å². The number of anilines is 2. The van der Waals surface area contributed by atoms with Crippen molar-refractivity contribution in [3.05, 3.63) is 54.3 Å². The molecular formula is C16H16N2O4. The van der Waals surface area contributed by atoms with Gasteiger partial charge in [0.25, 0.3) is 0 Å². The Labute approximate surface area is 126 Å². The summed E-state index contributed by atoms with van der Waals surface area (Å²) in [5.74, 6) is -0.622. The van der Waals surface area contributed by atoms with Crippen LogP contribution in [0, 0.1) is 0 Å². The summed E-state index contributed by atoms with van der Waals surface area (Å²) in [4.78, 5) is 10.6. The zero-order chi connectivity index (χ0) is 16.1. The van der Waals surface area contributed by atoms with Crippen LogP contribution in [-0.2, 0) is 0 Å². The Morgan fingerprint density at radius 1 is 1.09 bits per heavy atom. The summed E-state index contributed by atoms with van der Waals surface area (Å²) in [7, 11) is 1.51. The smallest absolute Gasteiger partial charge is 0.371 e. The van der Waals surface area contributed by atoms with E-state index in [1.54, 1.807) is 30.3 Å². The van der Waals surface area contributed by atoms with Crippen LogP contribution in [0.25, 0.3) is 11.0 Å². The van der Waals surface area contributed by atoms with Gasteiger partial charge in [-0.1, -0.05) is 24.3 Å². The fraction of sp³-hybridized carbons (Fsp3) is 0.0625. The minimum Gasteiger partial charge on any atom is -0.493 e. The van der Waals surface area contributed by atoms with E-state index in [4.69, 9.17) is 25.7 Å². The topological polar surface area (TPSA) is 112 Å². The maximum atomic E-state index is 10.6. The minimum atomic E-state index is -1.08. The van der Waals surface area contributed by atoms with E-state index in [0.717, 1.165) is 5.39 Å². The Morgan fingerprint density at radius 3 is 2.23 bits per heavy atom. The summed E-state index contributed by atoms with van der Waals surface area (Å²) in [5.41, 5.74) is 12.5. The number of fused-ring (bicyclic) bond motifs is 1. The number of ether oxygens (including phenoxy) is 1. The molecule has 2 aromatic carbocycles. The van der Waals surface area contributed by atoms with Crippen LogP contribution in [0.2, 0.25) is 0 Å². The van der Waals surface area contributed by atoms with E-state index >= 15 is 0 Å². The highest BCUT2D eigenvalue weighted by Gasteiger charge is 2.12. The van der Waals surface area contributed by atoms with E-state index in [1.807, 2.05) is 12.1 Å². The van der Waals surface area contributed by atoms with E-state index in [2.05, 4.69) is 0 Å². The van der Waals surface area contributed by atoms with E-state index in [-0.39, 0.29) is 5.76 Å². The summed E-state index contributed by atoms with van der Waals surface area (Å²) < 4.78 is 10.2. The molecule has 0 bridgehead atoms. The van der Waals surface area contributed by atoms with Crippen LogP contribution < -0.4 is 16.2 Å². The fourth-order valence-electron chi connectivity index (χ4n) is 1.81. The number of carbonyl (C=O) groups is 1. The first-order valence-electron chi connectivity index (χ1n) is 6.42. The Hall–Kier alpha value is -3.15. The number of methoxy groups -OCH3 is 1. The molecule has 0 saturated carbocycles. The van der Waals surface area contributed by atoms with E-state index < -0.39 is 5.97 Å². The van der Waals surface area contributed by atoms with Gasteiger partial charge in [-0.15, -0.1) is 0 Å². The van der Waals surface area contributed by atoms with E-state index in [0.29, 0.717) is 22.7 Å². The molecule has 0 radical (unpaired) electrons. The lowest BCUT2D eigenvalue weighted by Gasteiger charge is -1.97. The highest BCUT2D eigenvalue weighted by Crippen LogP contribution is 2.28. The molecule has 0 amide bonds. The second-order valence-corrected chi connectivity index (χ2v) is 4.42. The van der Waals surface area contributed by atoms with Crippen LogP contribution >= 0.6 is 0 Å². The second-order valence-electron chi connectivity index (χ2n) is 4.42. The quantitative estimate of drug-likeness (QED) is 0.627. The summed E-state index contributed by atoms with van der Waals surface area (Å²) in [6.07, 6.45) is 0. The van der Waals surface area contributed by atoms with Crippen LogP contribution in [0.3, 0.4) is 0 Å². The first-order valence-corrected chi connectivity index (χ1v) is 6.42. The van der Waals surface area contributed by atoms with E-state index in [1.165, 1.54) is 13.2 Å². The van der Waals surface area contributed by atoms with Crippen molar-refractivity contribution in [1.82, 2.24) is 0 Å². The number of benzene rings is 2. The predicted octanol–water partition coefficient (Wildman–Crippen LogP) is 2.99. The normalized spacial score (nSPS) is 9.86. The number of para-hydroxylation sites is 3. The number of rotatable bonds is 2. The Bertz CT molecular complexity index is 775. The third-order valence-electron chi connectivity index (χ3n) is 2.93. The molecule has 0 aliphatic rings. The van der Waals surface area contributed by atoms with Gasteiger partial charge in [-0.05, 0) is 24.3 Å². The third-order valence-corrected chi connectivity index (χ3v) is 2.93. The van der Waals surface area contributed by atoms with Crippen LogP contribution in [0.15, 0.2) is 52.9 Å². The maximum Gasteiger partial charge on any atom is 0.371 e. The van der Waals surface area contributed by atoms with Gasteiger partial charge in [0.1, 0.15) is 0 Å². The average molecular weight is 300 g/mol. The van der Waals surface area contributed by atoms with Crippen LogP contribution in [0.5, 0.6) is 5.75 Å². The van der Waals surface area contributed by atoms with Crippen molar-refractivity contribution in [2.45, 2.75) is 0 Å². The lowest BCUT2D eigenvalue weighted by Crippen LogP contribution is -1.91. The molecule has 6 nitrogen and oxygen atoms in total. The van der Waals surface area contributed by atoms with Crippen molar-refractivity contribution in [1.29, 1.82) is 0 Å². The van der Waals surface area contributed by atoms with Crippen LogP contribution in [0.4, 0.5) is 11.4 Å². The van der Waals surface area contributed by atoms with Gasteiger partial charge in [0.2, 0.25) is 5.76 Å². The molecule has 6 heteroatoms. The monoisotopic (exact) mass is 300 g/mol. The van der Waals surface area contributed by atoms with Crippen molar-refractivity contribution >= 4 is 28.3 Å². The van der Waals surface area contributed by atoms with Gasteiger partial charge in [0, 0.05) is 5.39 Å². The minimum absolute atomic E-state index is 0.0792. The molecule has 1 aromatic heterocycles. The number of carboxylic acids is 1. The largest absolute Gasteiger partial charge is 0.493 e. The standard InChI is InChI=1S/C10H8O4.C6H8N2/c1-13-7-4-2-3-6-5-8(10(11)12)14-9(6)7;7-5-3-1-2-4-6(5)8/h2-5H,1H3,(H,11,12);1-4H,7-8H2. The van der Waals surface area contributed by atoms with Gasteiger partial charge in [0.05, 0.1) is 18.5 Å². The van der Waals surface area contributed by atoms with E-state index in [9.17, 15) is 4.79 Å². The number of nitrogens with two attached hydrogens (primary N) is 2. The van der Waals surface area contributed by atoms with Crippen molar-refractivity contribution in [2.24, 2.45) is 0 Å².